The number of anilines is 1. The minimum absolute atomic E-state index is 0.109. The number of nitrogens with zero attached hydrogens (tertiary/aromatic N) is 2. The molecule has 1 N–H and O–H groups in total. The Kier molecular flexibility index (Phi) is 4.47. The topological polar surface area (TPSA) is 71.5 Å². The number of amides is 1. The number of nitrogens with one attached hydrogen (secondary N) is 1. The van der Waals surface area contributed by atoms with Crippen molar-refractivity contribution in [1.82, 2.24) is 10.1 Å². The number of carbonyl (C=O) groups excluding carboxylic acids is 1. The molecule has 6 heteroatoms. The highest BCUT2D eigenvalue weighted by Gasteiger charge is 2.20. The van der Waals surface area contributed by atoms with Gasteiger partial charge in [-0.1, -0.05) is 25.9 Å². The van der Waals surface area contributed by atoms with Crippen molar-refractivity contribution in [1.29, 1.82) is 0 Å². The van der Waals surface area contributed by atoms with Crippen molar-refractivity contribution in [3.05, 3.63) is 35.9 Å². The molecule has 0 aliphatic heterocycles. The van der Waals surface area contributed by atoms with Gasteiger partial charge in [-0.2, -0.15) is 0 Å². The molecule has 0 aliphatic carbocycles. The Morgan fingerprint density at radius 3 is 2.76 bits per heavy atom. The number of likely N-dealkylation sites (N-methyl/N-ethyl adjacent to an activating group) is 1. The van der Waals surface area contributed by atoms with Crippen LogP contribution in [0.4, 0.5) is 5.88 Å². The van der Waals surface area contributed by atoms with Crippen LogP contribution < -0.4 is 5.32 Å². The number of aromatic nitrogens is 1. The molecule has 2 aromatic rings. The summed E-state index contributed by atoms with van der Waals surface area (Å²) < 4.78 is 10.4. The van der Waals surface area contributed by atoms with Gasteiger partial charge in [0.1, 0.15) is 5.76 Å². The molecule has 114 valence electrons. The highest BCUT2D eigenvalue weighted by Crippen LogP contribution is 2.23. The fraction of sp³-hybridized carbons (Fsp3) is 0.467. The molecule has 0 saturated carbocycles. The lowest BCUT2D eigenvalue weighted by atomic mass is 9.92. The SMILES string of the molecule is CN(CC(=O)Nc1cc(C(C)(C)C)no1)Cc1ccco1. The van der Waals surface area contributed by atoms with E-state index in [0.717, 1.165) is 11.5 Å². The summed E-state index contributed by atoms with van der Waals surface area (Å²) in [6.45, 7) is 6.92. The van der Waals surface area contributed by atoms with Crippen LogP contribution in [0.3, 0.4) is 0 Å². The summed E-state index contributed by atoms with van der Waals surface area (Å²) >= 11 is 0. The van der Waals surface area contributed by atoms with Crippen LogP contribution in [-0.2, 0) is 16.8 Å². The largest absolute Gasteiger partial charge is 0.468 e. The minimum Gasteiger partial charge on any atom is -0.468 e. The Balaban J connectivity index is 1.85. The number of rotatable bonds is 5. The molecule has 0 radical (unpaired) electrons. The highest BCUT2D eigenvalue weighted by molar-refractivity contribution is 5.90. The van der Waals surface area contributed by atoms with Gasteiger partial charge in [0.15, 0.2) is 0 Å². The van der Waals surface area contributed by atoms with Crippen LogP contribution in [0.5, 0.6) is 0 Å². The summed E-state index contributed by atoms with van der Waals surface area (Å²) in [6.07, 6.45) is 1.62. The van der Waals surface area contributed by atoms with E-state index >= 15 is 0 Å². The monoisotopic (exact) mass is 291 g/mol. The summed E-state index contributed by atoms with van der Waals surface area (Å²) in [5.41, 5.74) is 0.699. The molecule has 0 aliphatic rings. The first kappa shape index (κ1) is 15.3. The van der Waals surface area contributed by atoms with Crippen LogP contribution in [0.25, 0.3) is 0 Å². The van der Waals surface area contributed by atoms with E-state index in [1.165, 1.54) is 0 Å². The third-order valence-corrected chi connectivity index (χ3v) is 2.96. The van der Waals surface area contributed by atoms with Gasteiger partial charge >= 0.3 is 0 Å². The van der Waals surface area contributed by atoms with Gasteiger partial charge in [0.2, 0.25) is 11.8 Å². The van der Waals surface area contributed by atoms with Crippen molar-refractivity contribution < 1.29 is 13.7 Å². The molecular formula is C15H21N3O3. The first-order valence-electron chi connectivity index (χ1n) is 6.82. The summed E-state index contributed by atoms with van der Waals surface area (Å²) in [4.78, 5) is 13.8. The summed E-state index contributed by atoms with van der Waals surface area (Å²) in [5, 5.41) is 6.67. The van der Waals surface area contributed by atoms with Crippen molar-refractivity contribution in [3.8, 4) is 0 Å². The maximum atomic E-state index is 11.9. The number of furan rings is 1. The van der Waals surface area contributed by atoms with E-state index in [0.29, 0.717) is 12.4 Å². The predicted octanol–water partition coefficient (Wildman–Crippen LogP) is 2.64. The Hall–Kier alpha value is -2.08. The number of hydrogen-bond acceptors (Lipinski definition) is 5. The van der Waals surface area contributed by atoms with Gasteiger partial charge < -0.3 is 8.94 Å². The van der Waals surface area contributed by atoms with Crippen LogP contribution in [-0.4, -0.2) is 29.6 Å². The molecule has 0 spiro atoms. The van der Waals surface area contributed by atoms with Crippen molar-refractivity contribution in [2.75, 3.05) is 18.9 Å². The molecule has 6 nitrogen and oxygen atoms in total. The molecule has 2 rings (SSSR count). The second kappa shape index (κ2) is 6.13. The summed E-state index contributed by atoms with van der Waals surface area (Å²) in [7, 11) is 1.85. The van der Waals surface area contributed by atoms with Crippen molar-refractivity contribution >= 4 is 11.8 Å². The van der Waals surface area contributed by atoms with Gasteiger partial charge in [0.05, 0.1) is 25.0 Å². The van der Waals surface area contributed by atoms with Gasteiger partial charge in [0, 0.05) is 11.5 Å². The smallest absolute Gasteiger partial charge is 0.240 e. The molecule has 0 bridgehead atoms. The standard InChI is InChI=1S/C15H21N3O3/c1-15(2,3)12-8-14(21-17-12)16-13(19)10-18(4)9-11-6-5-7-20-11/h5-8H,9-10H2,1-4H3,(H,16,19). The number of hydrogen-bond donors (Lipinski definition) is 1. The molecule has 2 heterocycles. The van der Waals surface area contributed by atoms with E-state index in [2.05, 4.69) is 10.5 Å². The zero-order valence-electron chi connectivity index (χ0n) is 12.8. The average Bonchev–Trinajstić information content (AvgIpc) is 2.98. The Morgan fingerprint density at radius 1 is 1.43 bits per heavy atom. The molecule has 2 aromatic heterocycles. The lowest BCUT2D eigenvalue weighted by molar-refractivity contribution is -0.117. The first-order valence-corrected chi connectivity index (χ1v) is 6.82. The summed E-state index contributed by atoms with van der Waals surface area (Å²) in [5.74, 6) is 1.04. The van der Waals surface area contributed by atoms with Crippen LogP contribution in [0.1, 0.15) is 32.2 Å². The molecule has 1 amide bonds. The van der Waals surface area contributed by atoms with Gasteiger partial charge in [-0.3, -0.25) is 15.0 Å². The third-order valence-electron chi connectivity index (χ3n) is 2.96. The van der Waals surface area contributed by atoms with Crippen LogP contribution in [0, 0.1) is 0 Å². The van der Waals surface area contributed by atoms with Gasteiger partial charge in [-0.25, -0.2) is 0 Å². The van der Waals surface area contributed by atoms with Crippen molar-refractivity contribution in [2.45, 2.75) is 32.7 Å². The fourth-order valence-corrected chi connectivity index (χ4v) is 1.83. The molecule has 0 saturated heterocycles. The Morgan fingerprint density at radius 2 is 2.19 bits per heavy atom. The Labute approximate surface area is 124 Å². The van der Waals surface area contributed by atoms with Gasteiger partial charge in [-0.15, -0.1) is 0 Å². The van der Waals surface area contributed by atoms with Crippen molar-refractivity contribution in [3.63, 3.8) is 0 Å². The van der Waals surface area contributed by atoms with E-state index in [9.17, 15) is 4.79 Å². The Bertz CT molecular complexity index is 582. The molecule has 0 aromatic carbocycles. The quantitative estimate of drug-likeness (QED) is 0.917. The fourth-order valence-electron chi connectivity index (χ4n) is 1.83. The predicted molar refractivity (Wildman–Crippen MR) is 78.9 cm³/mol. The molecular weight excluding hydrogens is 270 g/mol. The van der Waals surface area contributed by atoms with Crippen LogP contribution in [0.2, 0.25) is 0 Å². The molecule has 0 fully saturated rings. The van der Waals surface area contributed by atoms with E-state index in [1.54, 1.807) is 12.3 Å². The zero-order valence-corrected chi connectivity index (χ0v) is 12.8. The van der Waals surface area contributed by atoms with E-state index in [-0.39, 0.29) is 17.9 Å². The lowest BCUT2D eigenvalue weighted by Crippen LogP contribution is -2.29. The average molecular weight is 291 g/mol. The summed E-state index contributed by atoms with van der Waals surface area (Å²) in [6, 6.07) is 5.46. The van der Waals surface area contributed by atoms with E-state index in [4.69, 9.17) is 8.94 Å². The van der Waals surface area contributed by atoms with Gasteiger partial charge in [0.25, 0.3) is 0 Å². The minimum atomic E-state index is -0.152. The maximum absolute atomic E-state index is 11.9. The second-order valence-corrected chi connectivity index (χ2v) is 6.13. The maximum Gasteiger partial charge on any atom is 0.240 e. The van der Waals surface area contributed by atoms with E-state index in [1.807, 2.05) is 44.9 Å². The third kappa shape index (κ3) is 4.46. The lowest BCUT2D eigenvalue weighted by Gasteiger charge is -2.14. The zero-order chi connectivity index (χ0) is 15.5. The van der Waals surface area contributed by atoms with Crippen molar-refractivity contribution in [2.24, 2.45) is 0 Å². The molecule has 0 unspecified atom stereocenters. The van der Waals surface area contributed by atoms with E-state index < -0.39 is 0 Å². The van der Waals surface area contributed by atoms with Crippen LogP contribution in [0.15, 0.2) is 33.4 Å². The first-order chi connectivity index (χ1) is 9.84. The number of carbonyl (C=O) groups is 1. The normalized spacial score (nSPS) is 11.9. The van der Waals surface area contributed by atoms with Gasteiger partial charge in [-0.05, 0) is 19.2 Å². The second-order valence-electron chi connectivity index (χ2n) is 6.13. The molecule has 0 atom stereocenters. The molecule has 21 heavy (non-hydrogen) atoms. The van der Waals surface area contributed by atoms with Crippen LogP contribution >= 0.6 is 0 Å². The highest BCUT2D eigenvalue weighted by atomic mass is 16.5.